The van der Waals surface area contributed by atoms with Gasteiger partial charge in [-0.3, -0.25) is 24.4 Å². The molecule has 2 saturated heterocycles. The summed E-state index contributed by atoms with van der Waals surface area (Å²) >= 11 is 0. The van der Waals surface area contributed by atoms with Crippen LogP contribution in [0.5, 0.6) is 0 Å². The summed E-state index contributed by atoms with van der Waals surface area (Å²) in [6, 6.07) is 61.4. The SMILES string of the molecule is NC(c1ccccc1)C(C(=O)C(C(N)c1ccccc1)N1CCN(C(c2ccccc2)c2ccccc2)CC1)N1CCN(C(c2ccccc2)c2ccccc2)CC1. The molecule has 2 fully saturated rings. The third kappa shape index (κ3) is 8.91. The maximum Gasteiger partial charge on any atom is 0.170 e. The molecular formula is C51H56N6O. The predicted molar refractivity (Wildman–Crippen MR) is 235 cm³/mol. The molecule has 0 amide bonds. The van der Waals surface area contributed by atoms with Crippen LogP contribution in [0.15, 0.2) is 182 Å². The highest BCUT2D eigenvalue weighted by molar-refractivity contribution is 5.91. The molecular weight excluding hydrogens is 713 g/mol. The molecule has 58 heavy (non-hydrogen) atoms. The molecule has 2 heterocycles. The van der Waals surface area contributed by atoms with Crippen LogP contribution in [0.3, 0.4) is 0 Å². The minimum Gasteiger partial charge on any atom is -0.322 e. The average molecular weight is 769 g/mol. The molecule has 2 aliphatic rings. The molecule has 6 aromatic rings. The highest BCUT2D eigenvalue weighted by Crippen LogP contribution is 2.34. The van der Waals surface area contributed by atoms with Gasteiger partial charge in [0.1, 0.15) is 0 Å². The van der Waals surface area contributed by atoms with Crippen LogP contribution < -0.4 is 11.5 Å². The molecule has 4 N–H and O–H groups in total. The molecule has 0 aromatic heterocycles. The van der Waals surface area contributed by atoms with Gasteiger partial charge in [-0.05, 0) is 33.4 Å². The smallest absolute Gasteiger partial charge is 0.170 e. The van der Waals surface area contributed by atoms with E-state index in [-0.39, 0.29) is 17.9 Å². The number of hydrogen-bond acceptors (Lipinski definition) is 7. The summed E-state index contributed by atoms with van der Waals surface area (Å²) in [5.74, 6) is 0.0972. The number of hydrogen-bond donors (Lipinski definition) is 2. The van der Waals surface area contributed by atoms with Crippen molar-refractivity contribution >= 4 is 5.78 Å². The minimum atomic E-state index is -0.560. The standard InChI is InChI=1S/C51H56N6O/c52-45(39-19-7-1-8-20-39)49(56-35-31-54(32-36-56)47(41-23-11-3-12-24-41)42-25-13-4-14-26-42)51(58)50(46(53)40-21-9-2-10-22-40)57-37-33-55(34-38-57)48(43-27-15-5-16-28-43)44-29-17-6-18-30-44/h1-30,45-50H,31-38,52-53H2. The lowest BCUT2D eigenvalue weighted by molar-refractivity contribution is -0.133. The zero-order chi connectivity index (χ0) is 39.7. The second kappa shape index (κ2) is 19.0. The fourth-order valence-electron chi connectivity index (χ4n) is 9.38. The van der Waals surface area contributed by atoms with Crippen LogP contribution >= 0.6 is 0 Å². The van der Waals surface area contributed by atoms with Crippen molar-refractivity contribution in [2.45, 2.75) is 36.3 Å². The first-order chi connectivity index (χ1) is 28.6. The Bertz CT molecular complexity index is 1890. The number of carbonyl (C=O) groups is 1. The normalized spacial score (nSPS) is 18.1. The van der Waals surface area contributed by atoms with E-state index in [2.05, 4.69) is 165 Å². The average Bonchev–Trinajstić information content (AvgIpc) is 3.30. The first-order valence-electron chi connectivity index (χ1n) is 20.9. The Labute approximate surface area is 344 Å². The molecule has 0 saturated carbocycles. The fraction of sp³-hybridized carbons (Fsp3) is 0.275. The molecule has 8 rings (SSSR count). The van der Waals surface area contributed by atoms with Gasteiger partial charge in [-0.15, -0.1) is 0 Å². The molecule has 0 aliphatic carbocycles. The Kier molecular flexibility index (Phi) is 13.0. The van der Waals surface area contributed by atoms with E-state index in [1.165, 1.54) is 22.3 Å². The van der Waals surface area contributed by atoms with E-state index in [0.717, 1.165) is 37.3 Å². The van der Waals surface area contributed by atoms with E-state index >= 15 is 4.79 Å². The van der Waals surface area contributed by atoms with E-state index < -0.39 is 24.2 Å². The second-order valence-corrected chi connectivity index (χ2v) is 15.8. The number of piperazine rings is 2. The van der Waals surface area contributed by atoms with Crippen LogP contribution in [-0.2, 0) is 4.79 Å². The number of Topliss-reactive ketones (excluding diaryl/α,β-unsaturated/α-hetero) is 1. The van der Waals surface area contributed by atoms with Gasteiger partial charge in [-0.2, -0.15) is 0 Å². The lowest BCUT2D eigenvalue weighted by Crippen LogP contribution is -2.63. The summed E-state index contributed by atoms with van der Waals surface area (Å²) < 4.78 is 0. The van der Waals surface area contributed by atoms with Crippen LogP contribution in [0.2, 0.25) is 0 Å². The third-order valence-electron chi connectivity index (χ3n) is 12.3. The molecule has 0 bridgehead atoms. The minimum absolute atomic E-state index is 0.0972. The zero-order valence-electron chi connectivity index (χ0n) is 33.3. The van der Waals surface area contributed by atoms with Crippen LogP contribution in [0.1, 0.15) is 57.5 Å². The summed E-state index contributed by atoms with van der Waals surface area (Å²) in [7, 11) is 0. The topological polar surface area (TPSA) is 82.1 Å². The molecule has 4 unspecified atom stereocenters. The number of benzene rings is 6. The van der Waals surface area contributed by atoms with E-state index in [1.807, 2.05) is 36.4 Å². The van der Waals surface area contributed by atoms with Gasteiger partial charge in [0.25, 0.3) is 0 Å². The number of nitrogens with zero attached hydrogens (tertiary/aromatic N) is 4. The molecule has 7 heteroatoms. The molecule has 2 aliphatic heterocycles. The maximum absolute atomic E-state index is 15.7. The first-order valence-corrected chi connectivity index (χ1v) is 20.9. The van der Waals surface area contributed by atoms with E-state index in [9.17, 15) is 0 Å². The molecule has 0 radical (unpaired) electrons. The number of rotatable bonds is 14. The summed E-state index contributed by atoms with van der Waals surface area (Å²) in [4.78, 5) is 25.5. The van der Waals surface area contributed by atoms with E-state index in [4.69, 9.17) is 11.5 Å². The Morgan fingerprint density at radius 2 is 0.534 bits per heavy atom. The molecule has 7 nitrogen and oxygen atoms in total. The van der Waals surface area contributed by atoms with E-state index in [0.29, 0.717) is 26.2 Å². The molecule has 6 aromatic carbocycles. The zero-order valence-corrected chi connectivity index (χ0v) is 33.3. The van der Waals surface area contributed by atoms with Gasteiger partial charge >= 0.3 is 0 Å². The van der Waals surface area contributed by atoms with Crippen molar-refractivity contribution in [3.8, 4) is 0 Å². The molecule has 4 atom stereocenters. The van der Waals surface area contributed by atoms with Gasteiger partial charge in [0.15, 0.2) is 5.78 Å². The van der Waals surface area contributed by atoms with Crippen molar-refractivity contribution in [1.82, 2.24) is 19.6 Å². The quantitative estimate of drug-likeness (QED) is 0.119. The van der Waals surface area contributed by atoms with Crippen LogP contribution in [0.25, 0.3) is 0 Å². The van der Waals surface area contributed by atoms with Gasteiger partial charge in [0.05, 0.1) is 36.3 Å². The van der Waals surface area contributed by atoms with Gasteiger partial charge in [0, 0.05) is 52.4 Å². The highest BCUT2D eigenvalue weighted by atomic mass is 16.1. The summed E-state index contributed by atoms with van der Waals surface area (Å²) in [6.45, 7) is 6.05. The lowest BCUT2D eigenvalue weighted by Gasteiger charge is -2.47. The number of ketones is 1. The van der Waals surface area contributed by atoms with Crippen molar-refractivity contribution < 1.29 is 4.79 Å². The summed E-state index contributed by atoms with van der Waals surface area (Å²) in [5.41, 5.74) is 21.6. The highest BCUT2D eigenvalue weighted by Gasteiger charge is 2.44. The second-order valence-electron chi connectivity index (χ2n) is 15.8. The predicted octanol–water partition coefficient (Wildman–Crippen LogP) is 7.51. The largest absolute Gasteiger partial charge is 0.322 e. The van der Waals surface area contributed by atoms with Gasteiger partial charge in [0.2, 0.25) is 0 Å². The van der Waals surface area contributed by atoms with Crippen LogP contribution in [-0.4, -0.2) is 89.8 Å². The third-order valence-corrected chi connectivity index (χ3v) is 12.3. The lowest BCUT2D eigenvalue weighted by atomic mass is 9.85. The van der Waals surface area contributed by atoms with Crippen molar-refractivity contribution in [3.05, 3.63) is 215 Å². The van der Waals surface area contributed by atoms with Gasteiger partial charge in [-0.1, -0.05) is 182 Å². The first kappa shape index (κ1) is 39.6. The van der Waals surface area contributed by atoms with Crippen LogP contribution in [0, 0.1) is 0 Å². The van der Waals surface area contributed by atoms with Gasteiger partial charge < -0.3 is 11.5 Å². The monoisotopic (exact) mass is 768 g/mol. The van der Waals surface area contributed by atoms with Gasteiger partial charge in [-0.25, -0.2) is 0 Å². The maximum atomic E-state index is 15.7. The van der Waals surface area contributed by atoms with Crippen molar-refractivity contribution in [2.75, 3.05) is 52.4 Å². The Hall–Kier alpha value is -5.25. The molecule has 0 spiro atoms. The van der Waals surface area contributed by atoms with Crippen molar-refractivity contribution in [2.24, 2.45) is 11.5 Å². The van der Waals surface area contributed by atoms with Crippen molar-refractivity contribution in [3.63, 3.8) is 0 Å². The Morgan fingerprint density at radius 3 is 0.776 bits per heavy atom. The summed E-state index contributed by atoms with van der Waals surface area (Å²) in [5, 5.41) is 0. The molecule has 296 valence electrons. The number of carbonyl (C=O) groups excluding carboxylic acids is 1. The summed E-state index contributed by atoms with van der Waals surface area (Å²) in [6.07, 6.45) is 0. The van der Waals surface area contributed by atoms with E-state index in [1.54, 1.807) is 0 Å². The van der Waals surface area contributed by atoms with Crippen molar-refractivity contribution in [1.29, 1.82) is 0 Å². The Balaban J connectivity index is 1.09. The van der Waals surface area contributed by atoms with Crippen LogP contribution in [0.4, 0.5) is 0 Å². The Morgan fingerprint density at radius 1 is 0.328 bits per heavy atom. The fourth-order valence-corrected chi connectivity index (χ4v) is 9.38. The number of nitrogens with two attached hydrogens (primary N) is 2.